The van der Waals surface area contributed by atoms with Crippen LogP contribution in [-0.2, 0) is 14.3 Å². The van der Waals surface area contributed by atoms with Crippen LogP contribution in [0.1, 0.15) is 12.5 Å². The molecule has 27 heavy (non-hydrogen) atoms. The van der Waals surface area contributed by atoms with Crippen molar-refractivity contribution in [1.82, 2.24) is 0 Å². The molecule has 1 N–H and O–H groups in total. The van der Waals surface area contributed by atoms with E-state index in [0.29, 0.717) is 11.4 Å². The number of benzene rings is 2. The lowest BCUT2D eigenvalue weighted by atomic mass is 10.2. The second-order valence-corrected chi connectivity index (χ2v) is 6.69. The molecule has 0 fully saturated rings. The van der Waals surface area contributed by atoms with Gasteiger partial charge in [-0.3, -0.25) is 4.79 Å². The number of nitriles is 1. The van der Waals surface area contributed by atoms with Crippen LogP contribution in [0.4, 0.5) is 5.69 Å². The van der Waals surface area contributed by atoms with Crippen LogP contribution in [-0.4, -0.2) is 30.3 Å². The number of amides is 1. The van der Waals surface area contributed by atoms with Gasteiger partial charge in [0.15, 0.2) is 12.7 Å². The van der Waals surface area contributed by atoms with Crippen molar-refractivity contribution in [2.24, 2.45) is 0 Å². The van der Waals surface area contributed by atoms with Gasteiger partial charge in [-0.15, -0.1) is 11.8 Å². The Morgan fingerprint density at radius 2 is 2.00 bits per heavy atom. The van der Waals surface area contributed by atoms with E-state index in [2.05, 4.69) is 5.32 Å². The maximum atomic E-state index is 12.1. The number of para-hydroxylation sites is 1. The molecule has 0 aliphatic rings. The number of nitrogens with one attached hydrogen (secondary N) is 1. The van der Waals surface area contributed by atoms with Gasteiger partial charge < -0.3 is 14.8 Å². The first kappa shape index (κ1) is 20.3. The Balaban J connectivity index is 1.84. The van der Waals surface area contributed by atoms with Crippen molar-refractivity contribution >= 4 is 29.3 Å². The second-order valence-electron chi connectivity index (χ2n) is 5.68. The quantitative estimate of drug-likeness (QED) is 0.553. The molecule has 7 heteroatoms. The monoisotopic (exact) mass is 384 g/mol. The number of thioether (sulfide) groups is 1. The van der Waals surface area contributed by atoms with Crippen LogP contribution >= 0.6 is 11.8 Å². The fourth-order valence-corrected chi connectivity index (χ4v) is 2.86. The van der Waals surface area contributed by atoms with Gasteiger partial charge in [0.1, 0.15) is 5.75 Å². The number of hydrogen-bond acceptors (Lipinski definition) is 6. The summed E-state index contributed by atoms with van der Waals surface area (Å²) in [5, 5.41) is 11.4. The molecule has 0 bridgehead atoms. The van der Waals surface area contributed by atoms with Crippen LogP contribution < -0.4 is 10.1 Å². The zero-order chi connectivity index (χ0) is 19.6. The molecule has 0 aliphatic heterocycles. The summed E-state index contributed by atoms with van der Waals surface area (Å²) in [6.07, 6.45) is -0.835. The lowest BCUT2D eigenvalue weighted by Gasteiger charge is -2.14. The van der Waals surface area contributed by atoms with E-state index >= 15 is 0 Å². The highest BCUT2D eigenvalue weighted by Gasteiger charge is 2.18. The Hall–Kier alpha value is -2.98. The Bertz CT molecular complexity index is 848. The number of esters is 1. The van der Waals surface area contributed by atoms with E-state index in [9.17, 15) is 9.59 Å². The third kappa shape index (κ3) is 6.68. The standard InChI is InChI=1S/C20H20N2O4S/c1-14-6-5-7-16(12-14)26-15(2)20(24)25-13-19(23)22-17-8-3-4-9-18(17)27-11-10-21/h3-9,12,15H,11,13H2,1-2H3,(H,22,23)/t15-/m1/s1. The molecule has 2 rings (SSSR count). The van der Waals surface area contributed by atoms with Crippen LogP contribution in [0, 0.1) is 18.3 Å². The zero-order valence-electron chi connectivity index (χ0n) is 15.1. The van der Waals surface area contributed by atoms with Crippen LogP contribution in [0.2, 0.25) is 0 Å². The first-order chi connectivity index (χ1) is 13.0. The van der Waals surface area contributed by atoms with Gasteiger partial charge in [-0.1, -0.05) is 24.3 Å². The van der Waals surface area contributed by atoms with Crippen molar-refractivity contribution in [3.05, 3.63) is 54.1 Å². The molecule has 140 valence electrons. The van der Waals surface area contributed by atoms with Crippen molar-refractivity contribution in [3.63, 3.8) is 0 Å². The summed E-state index contributed by atoms with van der Waals surface area (Å²) < 4.78 is 10.6. The maximum Gasteiger partial charge on any atom is 0.347 e. The van der Waals surface area contributed by atoms with E-state index in [1.165, 1.54) is 11.8 Å². The zero-order valence-corrected chi connectivity index (χ0v) is 15.9. The fraction of sp³-hybridized carbons (Fsp3) is 0.250. The van der Waals surface area contributed by atoms with Crippen molar-refractivity contribution in [2.45, 2.75) is 24.8 Å². The first-order valence-corrected chi connectivity index (χ1v) is 9.26. The number of nitrogens with zero attached hydrogens (tertiary/aromatic N) is 1. The Labute approximate surface area is 162 Å². The molecular weight excluding hydrogens is 364 g/mol. The molecule has 0 aliphatic carbocycles. The second kappa shape index (κ2) is 10.2. The molecule has 0 aromatic heterocycles. The molecule has 0 saturated heterocycles. The van der Waals surface area contributed by atoms with Gasteiger partial charge in [-0.05, 0) is 43.7 Å². The van der Waals surface area contributed by atoms with Crippen molar-refractivity contribution in [3.8, 4) is 11.8 Å². The average Bonchev–Trinajstić information content (AvgIpc) is 2.65. The lowest BCUT2D eigenvalue weighted by molar-refractivity contribution is -0.153. The van der Waals surface area contributed by atoms with Gasteiger partial charge in [-0.2, -0.15) is 5.26 Å². The van der Waals surface area contributed by atoms with Gasteiger partial charge >= 0.3 is 5.97 Å². The van der Waals surface area contributed by atoms with Gasteiger partial charge in [0.2, 0.25) is 0 Å². The normalized spacial score (nSPS) is 11.1. The highest BCUT2D eigenvalue weighted by molar-refractivity contribution is 7.99. The molecule has 0 unspecified atom stereocenters. The minimum Gasteiger partial charge on any atom is -0.479 e. The van der Waals surface area contributed by atoms with Gasteiger partial charge in [0.25, 0.3) is 5.91 Å². The van der Waals surface area contributed by atoms with Crippen molar-refractivity contribution in [1.29, 1.82) is 5.26 Å². The summed E-state index contributed by atoms with van der Waals surface area (Å²) in [5.41, 5.74) is 1.59. The van der Waals surface area contributed by atoms with E-state index in [4.69, 9.17) is 14.7 Å². The van der Waals surface area contributed by atoms with Gasteiger partial charge in [0, 0.05) is 4.90 Å². The molecule has 6 nitrogen and oxygen atoms in total. The van der Waals surface area contributed by atoms with Crippen molar-refractivity contribution < 1.29 is 19.1 Å². The van der Waals surface area contributed by atoms with E-state index in [1.807, 2.05) is 37.3 Å². The summed E-state index contributed by atoms with van der Waals surface area (Å²) in [6, 6.07) is 16.5. The molecule has 2 aromatic rings. The largest absolute Gasteiger partial charge is 0.479 e. The van der Waals surface area contributed by atoms with Crippen LogP contribution in [0.15, 0.2) is 53.4 Å². The Morgan fingerprint density at radius 3 is 2.74 bits per heavy atom. The van der Waals surface area contributed by atoms with E-state index in [1.54, 1.807) is 31.2 Å². The molecule has 0 heterocycles. The molecule has 1 amide bonds. The Kier molecular flexibility index (Phi) is 7.71. The lowest BCUT2D eigenvalue weighted by Crippen LogP contribution is -2.29. The van der Waals surface area contributed by atoms with Crippen molar-refractivity contribution in [2.75, 3.05) is 17.7 Å². The third-order valence-electron chi connectivity index (χ3n) is 3.43. The van der Waals surface area contributed by atoms with Crippen LogP contribution in [0.3, 0.4) is 0 Å². The molecule has 0 saturated carbocycles. The topological polar surface area (TPSA) is 88.4 Å². The smallest absolute Gasteiger partial charge is 0.347 e. The first-order valence-electron chi connectivity index (χ1n) is 8.28. The molecule has 2 aromatic carbocycles. The summed E-state index contributed by atoms with van der Waals surface area (Å²) in [4.78, 5) is 24.9. The highest BCUT2D eigenvalue weighted by atomic mass is 32.2. The number of carbonyl (C=O) groups excluding carboxylic acids is 2. The number of carbonyl (C=O) groups is 2. The SMILES string of the molecule is Cc1cccc(O[C@H](C)C(=O)OCC(=O)Nc2ccccc2SCC#N)c1. The fourth-order valence-electron chi connectivity index (χ4n) is 2.19. The summed E-state index contributed by atoms with van der Waals surface area (Å²) >= 11 is 1.32. The highest BCUT2D eigenvalue weighted by Crippen LogP contribution is 2.26. The van der Waals surface area contributed by atoms with Crippen LogP contribution in [0.25, 0.3) is 0 Å². The predicted octanol–water partition coefficient (Wildman–Crippen LogP) is 3.56. The number of ether oxygens (including phenoxy) is 2. The molecule has 1 atom stereocenters. The predicted molar refractivity (Wildman–Crippen MR) is 104 cm³/mol. The van der Waals surface area contributed by atoms with Crippen LogP contribution in [0.5, 0.6) is 5.75 Å². The Morgan fingerprint density at radius 1 is 1.22 bits per heavy atom. The molecule has 0 radical (unpaired) electrons. The number of hydrogen-bond donors (Lipinski definition) is 1. The number of rotatable bonds is 8. The average molecular weight is 384 g/mol. The van der Waals surface area contributed by atoms with Gasteiger partial charge in [-0.25, -0.2) is 4.79 Å². The summed E-state index contributed by atoms with van der Waals surface area (Å²) in [5.74, 6) is -0.252. The summed E-state index contributed by atoms with van der Waals surface area (Å²) in [6.45, 7) is 3.07. The molecular formula is C20H20N2O4S. The maximum absolute atomic E-state index is 12.1. The summed E-state index contributed by atoms with van der Waals surface area (Å²) in [7, 11) is 0. The number of anilines is 1. The number of aryl methyl sites for hydroxylation is 1. The minimum atomic E-state index is -0.835. The minimum absolute atomic E-state index is 0.273. The third-order valence-corrected chi connectivity index (χ3v) is 4.37. The van der Waals surface area contributed by atoms with E-state index < -0.39 is 24.6 Å². The van der Waals surface area contributed by atoms with E-state index in [-0.39, 0.29) is 5.75 Å². The van der Waals surface area contributed by atoms with E-state index in [0.717, 1.165) is 10.5 Å². The van der Waals surface area contributed by atoms with Gasteiger partial charge in [0.05, 0.1) is 17.5 Å². The molecule has 0 spiro atoms.